The summed E-state index contributed by atoms with van der Waals surface area (Å²) >= 11 is 0. The zero-order valence-corrected chi connectivity index (χ0v) is 23.4. The first-order chi connectivity index (χ1) is 20.4. The molecule has 1 aliphatic rings. The number of anilines is 2. The molecule has 1 fully saturated rings. The van der Waals surface area contributed by atoms with Gasteiger partial charge in [0.2, 0.25) is 5.91 Å². The number of hydrogen-bond donors (Lipinski definition) is 1. The van der Waals surface area contributed by atoms with Crippen molar-refractivity contribution >= 4 is 28.6 Å². The molecule has 10 heteroatoms. The topological polar surface area (TPSA) is 112 Å². The number of carbonyl (C=O) groups is 1. The lowest BCUT2D eigenvalue weighted by molar-refractivity contribution is -0.113. The van der Waals surface area contributed by atoms with Crippen molar-refractivity contribution in [2.75, 3.05) is 31.3 Å². The average Bonchev–Trinajstić information content (AvgIpc) is 3.81. The fraction of sp³-hybridized carbons (Fsp3) is 0.188. The Hall–Kier alpha value is -5.22. The van der Waals surface area contributed by atoms with Gasteiger partial charge in [-0.3, -0.25) is 14.3 Å². The molecule has 6 rings (SSSR count). The summed E-state index contributed by atoms with van der Waals surface area (Å²) in [5, 5.41) is 0. The smallest absolute Gasteiger partial charge is 0.339 e. The summed E-state index contributed by atoms with van der Waals surface area (Å²) in [6, 6.07) is 24.4. The van der Waals surface area contributed by atoms with Gasteiger partial charge in [0, 0.05) is 31.4 Å². The molecule has 3 aromatic carbocycles. The summed E-state index contributed by atoms with van der Waals surface area (Å²) in [6.07, 6.45) is 7.27. The molecule has 1 saturated carbocycles. The number of imidazole rings is 1. The SMILES string of the molecule is CN(C(=O)C=CCN(C)C1CC1)c1ccc(-n2c(=O)n(-c3ccc(Oc4ccccc4)cc3)c3c(N)ncnc32)cc1. The molecule has 0 aliphatic heterocycles. The first-order valence-corrected chi connectivity index (χ1v) is 13.7. The van der Waals surface area contributed by atoms with Crippen LogP contribution in [0.4, 0.5) is 11.5 Å². The van der Waals surface area contributed by atoms with E-state index in [2.05, 4.69) is 21.9 Å². The Balaban J connectivity index is 1.28. The van der Waals surface area contributed by atoms with Gasteiger partial charge in [0.15, 0.2) is 11.5 Å². The molecule has 1 aliphatic carbocycles. The van der Waals surface area contributed by atoms with Gasteiger partial charge in [0.1, 0.15) is 23.3 Å². The van der Waals surface area contributed by atoms with Gasteiger partial charge in [0.05, 0.1) is 11.4 Å². The molecule has 0 atom stereocenters. The predicted molar refractivity (Wildman–Crippen MR) is 164 cm³/mol. The molecule has 212 valence electrons. The maximum absolute atomic E-state index is 13.9. The summed E-state index contributed by atoms with van der Waals surface area (Å²) in [4.78, 5) is 39.0. The van der Waals surface area contributed by atoms with Gasteiger partial charge in [-0.05, 0) is 80.6 Å². The molecule has 1 amide bonds. The monoisotopic (exact) mass is 561 g/mol. The van der Waals surface area contributed by atoms with E-state index in [0.717, 1.165) is 6.54 Å². The van der Waals surface area contributed by atoms with Crippen LogP contribution in [0.15, 0.2) is 102 Å². The van der Waals surface area contributed by atoms with Crippen LogP contribution in [0.25, 0.3) is 22.5 Å². The molecule has 42 heavy (non-hydrogen) atoms. The predicted octanol–water partition coefficient (Wildman–Crippen LogP) is 4.56. The molecule has 5 aromatic rings. The van der Waals surface area contributed by atoms with Crippen molar-refractivity contribution in [2.24, 2.45) is 0 Å². The Bertz CT molecular complexity index is 1810. The lowest BCUT2D eigenvalue weighted by Crippen LogP contribution is -2.25. The maximum atomic E-state index is 13.9. The second-order valence-electron chi connectivity index (χ2n) is 10.3. The summed E-state index contributed by atoms with van der Waals surface area (Å²) in [5.74, 6) is 1.40. The fourth-order valence-electron chi connectivity index (χ4n) is 4.86. The van der Waals surface area contributed by atoms with Crippen LogP contribution >= 0.6 is 0 Å². The van der Waals surface area contributed by atoms with Crippen molar-refractivity contribution in [1.82, 2.24) is 24.0 Å². The number of carbonyl (C=O) groups excluding carboxylic acids is 1. The maximum Gasteiger partial charge on any atom is 0.339 e. The van der Waals surface area contributed by atoms with Crippen molar-refractivity contribution < 1.29 is 9.53 Å². The minimum Gasteiger partial charge on any atom is -0.457 e. The summed E-state index contributed by atoms with van der Waals surface area (Å²) in [7, 11) is 3.80. The molecule has 2 heterocycles. The average molecular weight is 562 g/mol. The van der Waals surface area contributed by atoms with E-state index >= 15 is 0 Å². The third kappa shape index (κ3) is 5.39. The number of likely N-dealkylation sites (N-methyl/N-ethyl adjacent to an activating group) is 2. The van der Waals surface area contributed by atoms with Crippen LogP contribution < -0.4 is 21.1 Å². The Labute approximate surface area is 242 Å². The number of nitrogen functional groups attached to an aromatic ring is 1. The van der Waals surface area contributed by atoms with Gasteiger partial charge in [-0.1, -0.05) is 24.3 Å². The van der Waals surface area contributed by atoms with Crippen LogP contribution in [0.2, 0.25) is 0 Å². The zero-order chi connectivity index (χ0) is 29.2. The first-order valence-electron chi connectivity index (χ1n) is 13.7. The minimum atomic E-state index is -0.353. The zero-order valence-electron chi connectivity index (χ0n) is 23.4. The van der Waals surface area contributed by atoms with Crippen LogP contribution in [-0.4, -0.2) is 56.6 Å². The van der Waals surface area contributed by atoms with E-state index in [4.69, 9.17) is 10.5 Å². The van der Waals surface area contributed by atoms with E-state index in [-0.39, 0.29) is 17.4 Å². The molecular weight excluding hydrogens is 530 g/mol. The van der Waals surface area contributed by atoms with Gasteiger partial charge in [0.25, 0.3) is 0 Å². The van der Waals surface area contributed by atoms with Crippen molar-refractivity contribution in [3.05, 3.63) is 108 Å². The largest absolute Gasteiger partial charge is 0.457 e. The Morgan fingerprint density at radius 3 is 2.26 bits per heavy atom. The number of nitrogens with two attached hydrogens (primary N) is 1. The highest BCUT2D eigenvalue weighted by Crippen LogP contribution is 2.27. The molecule has 10 nitrogen and oxygen atoms in total. The van der Waals surface area contributed by atoms with Gasteiger partial charge < -0.3 is 15.4 Å². The van der Waals surface area contributed by atoms with E-state index in [0.29, 0.717) is 45.8 Å². The summed E-state index contributed by atoms with van der Waals surface area (Å²) < 4.78 is 8.88. The van der Waals surface area contributed by atoms with Crippen LogP contribution in [0.5, 0.6) is 11.5 Å². The quantitative estimate of drug-likeness (QED) is 0.263. The number of hydrogen-bond acceptors (Lipinski definition) is 7. The molecular formula is C32H31N7O3. The first kappa shape index (κ1) is 27.0. The highest BCUT2D eigenvalue weighted by atomic mass is 16.5. The van der Waals surface area contributed by atoms with Gasteiger partial charge >= 0.3 is 5.69 Å². The Morgan fingerprint density at radius 1 is 0.929 bits per heavy atom. The molecule has 0 bridgehead atoms. The molecule has 2 aromatic heterocycles. The fourth-order valence-corrected chi connectivity index (χ4v) is 4.86. The minimum absolute atomic E-state index is 0.124. The third-order valence-electron chi connectivity index (χ3n) is 7.37. The lowest BCUT2D eigenvalue weighted by atomic mass is 10.2. The van der Waals surface area contributed by atoms with Crippen LogP contribution in [0.3, 0.4) is 0 Å². The molecule has 0 saturated heterocycles. The number of para-hydroxylation sites is 1. The summed E-state index contributed by atoms with van der Waals surface area (Å²) in [5.41, 5.74) is 8.55. The number of nitrogens with zero attached hydrogens (tertiary/aromatic N) is 6. The van der Waals surface area contributed by atoms with E-state index in [1.165, 1.54) is 28.3 Å². The number of fused-ring (bicyclic) bond motifs is 1. The Kier molecular flexibility index (Phi) is 7.28. The Morgan fingerprint density at radius 2 is 1.57 bits per heavy atom. The van der Waals surface area contributed by atoms with Crippen LogP contribution in [0, 0.1) is 0 Å². The van der Waals surface area contributed by atoms with Crippen LogP contribution in [-0.2, 0) is 4.79 Å². The number of ether oxygens (including phenoxy) is 1. The van der Waals surface area contributed by atoms with E-state index < -0.39 is 0 Å². The number of amides is 1. The van der Waals surface area contributed by atoms with E-state index in [1.54, 1.807) is 66.6 Å². The van der Waals surface area contributed by atoms with Gasteiger partial charge in [-0.15, -0.1) is 0 Å². The standard InChI is InChI=1S/C32H31N7O3/c1-36(22-10-11-22)20-6-9-28(40)37(2)23-12-14-25(15-13-23)39-31-29(30(33)34-21-35-31)38(32(39)41)24-16-18-27(19-17-24)42-26-7-4-3-5-8-26/h3-9,12-19,21-22H,10-11,20H2,1-2H3,(H2,33,34,35). The van der Waals surface area contributed by atoms with Crippen molar-refractivity contribution in [3.8, 4) is 22.9 Å². The van der Waals surface area contributed by atoms with E-state index in [9.17, 15) is 9.59 Å². The number of aromatic nitrogens is 4. The highest BCUT2D eigenvalue weighted by Gasteiger charge is 2.25. The molecule has 0 spiro atoms. The van der Waals surface area contributed by atoms with Crippen molar-refractivity contribution in [2.45, 2.75) is 18.9 Å². The number of rotatable bonds is 9. The second kappa shape index (κ2) is 11.3. The lowest BCUT2D eigenvalue weighted by Gasteiger charge is -2.16. The van der Waals surface area contributed by atoms with E-state index in [1.807, 2.05) is 36.4 Å². The second-order valence-corrected chi connectivity index (χ2v) is 10.3. The normalized spacial score (nSPS) is 13.2. The van der Waals surface area contributed by atoms with Gasteiger partial charge in [-0.2, -0.15) is 0 Å². The highest BCUT2D eigenvalue weighted by molar-refractivity contribution is 6.01. The van der Waals surface area contributed by atoms with Crippen molar-refractivity contribution in [3.63, 3.8) is 0 Å². The summed E-state index contributed by atoms with van der Waals surface area (Å²) in [6.45, 7) is 0.740. The molecule has 2 N–H and O–H groups in total. The van der Waals surface area contributed by atoms with Gasteiger partial charge in [-0.25, -0.2) is 19.3 Å². The number of benzene rings is 3. The van der Waals surface area contributed by atoms with Crippen molar-refractivity contribution in [1.29, 1.82) is 0 Å². The molecule has 0 unspecified atom stereocenters. The molecule has 0 radical (unpaired) electrons. The third-order valence-corrected chi connectivity index (χ3v) is 7.37. The van der Waals surface area contributed by atoms with Crippen LogP contribution in [0.1, 0.15) is 12.8 Å².